The molecule has 0 atom stereocenters. The van der Waals surface area contributed by atoms with E-state index in [2.05, 4.69) is 12.0 Å². The molecule has 0 fully saturated rings. The molecule has 0 aliphatic carbocycles. The molecule has 0 aliphatic rings. The Balaban J connectivity index is 2.59. The van der Waals surface area contributed by atoms with E-state index in [0.717, 1.165) is 18.5 Å². The highest BCUT2D eigenvalue weighted by atomic mass is 16.3. The van der Waals surface area contributed by atoms with Gasteiger partial charge in [0.05, 0.1) is 12.8 Å². The molecule has 1 aromatic rings. The summed E-state index contributed by atoms with van der Waals surface area (Å²) in [5.41, 5.74) is 0.883. The monoisotopic (exact) mass is 140 g/mol. The van der Waals surface area contributed by atoms with Gasteiger partial charge in [-0.1, -0.05) is 6.92 Å². The topological polar surface area (TPSA) is 38.0 Å². The van der Waals surface area contributed by atoms with Crippen LogP contribution in [0.3, 0.4) is 0 Å². The highest BCUT2D eigenvalue weighted by Crippen LogP contribution is 1.97. The van der Waals surface area contributed by atoms with Crippen LogP contribution in [0.25, 0.3) is 0 Å². The lowest BCUT2D eigenvalue weighted by Gasteiger charge is -1.93. The van der Waals surface area contributed by atoms with Crippen molar-refractivity contribution in [2.24, 2.45) is 0 Å². The molecule has 0 bridgehead atoms. The maximum absolute atomic E-state index is 8.67. The number of aromatic nitrogens is 2. The van der Waals surface area contributed by atoms with Gasteiger partial charge in [0.2, 0.25) is 0 Å². The Labute approximate surface area is 60.3 Å². The first kappa shape index (κ1) is 7.28. The first-order valence-corrected chi connectivity index (χ1v) is 3.49. The van der Waals surface area contributed by atoms with E-state index in [-0.39, 0.29) is 6.61 Å². The third-order valence-electron chi connectivity index (χ3n) is 1.32. The third-order valence-corrected chi connectivity index (χ3v) is 1.32. The summed E-state index contributed by atoms with van der Waals surface area (Å²) < 4.78 is 1.84. The second-order valence-corrected chi connectivity index (χ2v) is 2.27. The number of hydrogen-bond donors (Lipinski definition) is 1. The SMILES string of the molecule is CCCn1cc(CO)cn1. The van der Waals surface area contributed by atoms with Crippen LogP contribution in [0.5, 0.6) is 0 Å². The Morgan fingerprint density at radius 2 is 2.50 bits per heavy atom. The van der Waals surface area contributed by atoms with E-state index in [4.69, 9.17) is 5.11 Å². The molecule has 1 N–H and O–H groups in total. The van der Waals surface area contributed by atoms with Crippen molar-refractivity contribution in [3.8, 4) is 0 Å². The lowest BCUT2D eigenvalue weighted by atomic mass is 10.4. The molecule has 3 nitrogen and oxygen atoms in total. The molecular formula is C7H12N2O. The molecule has 0 radical (unpaired) electrons. The fraction of sp³-hybridized carbons (Fsp3) is 0.571. The van der Waals surface area contributed by atoms with Crippen LogP contribution in [0.2, 0.25) is 0 Å². The number of nitrogens with zero attached hydrogens (tertiary/aromatic N) is 2. The Hall–Kier alpha value is -0.830. The molecule has 3 heteroatoms. The summed E-state index contributed by atoms with van der Waals surface area (Å²) in [5.74, 6) is 0. The standard InChI is InChI=1S/C7H12N2O/c1-2-3-9-5-7(6-10)4-8-9/h4-5,10H,2-3,6H2,1H3. The van der Waals surface area contributed by atoms with E-state index >= 15 is 0 Å². The van der Waals surface area contributed by atoms with Gasteiger partial charge in [-0.15, -0.1) is 0 Å². The highest BCUT2D eigenvalue weighted by molar-refractivity contribution is 5.01. The van der Waals surface area contributed by atoms with Crippen molar-refractivity contribution in [3.63, 3.8) is 0 Å². The van der Waals surface area contributed by atoms with Crippen LogP contribution in [0.15, 0.2) is 12.4 Å². The van der Waals surface area contributed by atoms with Crippen LogP contribution in [0.4, 0.5) is 0 Å². The van der Waals surface area contributed by atoms with Crippen molar-refractivity contribution >= 4 is 0 Å². The second-order valence-electron chi connectivity index (χ2n) is 2.27. The Bertz CT molecular complexity index is 195. The molecule has 0 aromatic carbocycles. The van der Waals surface area contributed by atoms with Crippen LogP contribution < -0.4 is 0 Å². The van der Waals surface area contributed by atoms with Gasteiger partial charge >= 0.3 is 0 Å². The summed E-state index contributed by atoms with van der Waals surface area (Å²) in [6.45, 7) is 3.12. The minimum atomic E-state index is 0.0870. The molecule has 1 heterocycles. The van der Waals surface area contributed by atoms with Gasteiger partial charge in [-0.2, -0.15) is 5.10 Å². The minimum absolute atomic E-state index is 0.0870. The van der Waals surface area contributed by atoms with E-state index in [9.17, 15) is 0 Å². The number of hydrogen-bond acceptors (Lipinski definition) is 2. The Morgan fingerprint density at radius 3 is 3.00 bits per heavy atom. The summed E-state index contributed by atoms with van der Waals surface area (Å²) in [6.07, 6.45) is 4.63. The smallest absolute Gasteiger partial charge is 0.0712 e. The lowest BCUT2D eigenvalue weighted by Crippen LogP contribution is -1.95. The van der Waals surface area contributed by atoms with Crippen LogP contribution in [0, 0.1) is 0 Å². The molecule has 56 valence electrons. The van der Waals surface area contributed by atoms with E-state index in [0.29, 0.717) is 0 Å². The van der Waals surface area contributed by atoms with E-state index < -0.39 is 0 Å². The van der Waals surface area contributed by atoms with Crippen molar-refractivity contribution in [1.29, 1.82) is 0 Å². The van der Waals surface area contributed by atoms with Crippen molar-refractivity contribution < 1.29 is 5.11 Å². The van der Waals surface area contributed by atoms with Gasteiger partial charge in [0.25, 0.3) is 0 Å². The molecule has 0 spiro atoms. The van der Waals surface area contributed by atoms with Gasteiger partial charge in [0, 0.05) is 18.3 Å². The van der Waals surface area contributed by atoms with Crippen LogP contribution >= 0.6 is 0 Å². The van der Waals surface area contributed by atoms with Gasteiger partial charge < -0.3 is 5.11 Å². The molecule has 1 rings (SSSR count). The molecule has 0 unspecified atom stereocenters. The molecule has 0 saturated carbocycles. The lowest BCUT2D eigenvalue weighted by molar-refractivity contribution is 0.281. The summed E-state index contributed by atoms with van der Waals surface area (Å²) in [6, 6.07) is 0. The summed E-state index contributed by atoms with van der Waals surface area (Å²) >= 11 is 0. The summed E-state index contributed by atoms with van der Waals surface area (Å²) in [7, 11) is 0. The quantitative estimate of drug-likeness (QED) is 0.674. The largest absolute Gasteiger partial charge is 0.392 e. The molecule has 0 amide bonds. The predicted molar refractivity (Wildman–Crippen MR) is 38.4 cm³/mol. The summed E-state index contributed by atoms with van der Waals surface area (Å²) in [5, 5.41) is 12.7. The Kier molecular flexibility index (Phi) is 2.45. The first-order chi connectivity index (χ1) is 4.86. The fourth-order valence-corrected chi connectivity index (χ4v) is 0.839. The third kappa shape index (κ3) is 1.57. The number of aliphatic hydroxyl groups excluding tert-OH is 1. The average molecular weight is 140 g/mol. The predicted octanol–water partition coefficient (Wildman–Crippen LogP) is 0.785. The number of aryl methyl sites for hydroxylation is 1. The van der Waals surface area contributed by atoms with Crippen LogP contribution in [0.1, 0.15) is 18.9 Å². The van der Waals surface area contributed by atoms with Gasteiger partial charge in [0.15, 0.2) is 0 Å². The second kappa shape index (κ2) is 3.37. The zero-order valence-electron chi connectivity index (χ0n) is 6.12. The van der Waals surface area contributed by atoms with Gasteiger partial charge in [0.1, 0.15) is 0 Å². The van der Waals surface area contributed by atoms with Crippen molar-refractivity contribution in [2.45, 2.75) is 26.5 Å². The number of aliphatic hydroxyl groups is 1. The zero-order valence-corrected chi connectivity index (χ0v) is 6.12. The fourth-order valence-electron chi connectivity index (χ4n) is 0.839. The van der Waals surface area contributed by atoms with E-state index in [1.807, 2.05) is 10.9 Å². The molecule has 0 aliphatic heterocycles. The Morgan fingerprint density at radius 1 is 1.70 bits per heavy atom. The van der Waals surface area contributed by atoms with Gasteiger partial charge in [-0.3, -0.25) is 4.68 Å². The normalized spacial score (nSPS) is 10.2. The van der Waals surface area contributed by atoms with Gasteiger partial charge in [-0.25, -0.2) is 0 Å². The van der Waals surface area contributed by atoms with E-state index in [1.165, 1.54) is 0 Å². The first-order valence-electron chi connectivity index (χ1n) is 3.49. The highest BCUT2D eigenvalue weighted by Gasteiger charge is 1.93. The average Bonchev–Trinajstić information content (AvgIpc) is 2.37. The molecular weight excluding hydrogens is 128 g/mol. The molecule has 0 saturated heterocycles. The van der Waals surface area contributed by atoms with Crippen LogP contribution in [-0.4, -0.2) is 14.9 Å². The minimum Gasteiger partial charge on any atom is -0.392 e. The van der Waals surface area contributed by atoms with Crippen molar-refractivity contribution in [1.82, 2.24) is 9.78 Å². The van der Waals surface area contributed by atoms with Crippen molar-refractivity contribution in [2.75, 3.05) is 0 Å². The van der Waals surface area contributed by atoms with E-state index in [1.54, 1.807) is 6.20 Å². The van der Waals surface area contributed by atoms with Crippen molar-refractivity contribution in [3.05, 3.63) is 18.0 Å². The van der Waals surface area contributed by atoms with Crippen LogP contribution in [-0.2, 0) is 13.2 Å². The molecule has 1 aromatic heterocycles. The molecule has 10 heavy (non-hydrogen) atoms. The summed E-state index contributed by atoms with van der Waals surface area (Å²) in [4.78, 5) is 0. The van der Waals surface area contributed by atoms with Gasteiger partial charge in [-0.05, 0) is 6.42 Å². The maximum Gasteiger partial charge on any atom is 0.0712 e. The maximum atomic E-state index is 8.67. The number of rotatable bonds is 3. The zero-order chi connectivity index (χ0) is 7.40.